The Kier molecular flexibility index (Phi) is 4.81. The van der Waals surface area contributed by atoms with Crippen LogP contribution in [0.4, 0.5) is 0 Å². The fourth-order valence-corrected chi connectivity index (χ4v) is 3.00. The summed E-state index contributed by atoms with van der Waals surface area (Å²) in [4.78, 5) is 11.6. The Morgan fingerprint density at radius 3 is 2.72 bits per heavy atom. The molecule has 1 aromatic heterocycles. The summed E-state index contributed by atoms with van der Waals surface area (Å²) >= 11 is 6.36. The molecule has 0 fully saturated rings. The summed E-state index contributed by atoms with van der Waals surface area (Å²) in [5.74, 6) is -0.331. The topological polar surface area (TPSA) is 80.9 Å². The van der Waals surface area contributed by atoms with E-state index >= 15 is 0 Å². The van der Waals surface area contributed by atoms with Crippen LogP contribution in [-0.2, 0) is 6.42 Å². The van der Waals surface area contributed by atoms with E-state index in [9.17, 15) is 9.90 Å². The van der Waals surface area contributed by atoms with Gasteiger partial charge in [0.15, 0.2) is 5.82 Å². The molecule has 2 aromatic carbocycles. The molecule has 0 amide bonds. The molecule has 0 saturated heterocycles. The van der Waals surface area contributed by atoms with Crippen LogP contribution < -0.4 is 0 Å². The van der Waals surface area contributed by atoms with E-state index in [2.05, 4.69) is 15.5 Å². The van der Waals surface area contributed by atoms with E-state index in [4.69, 9.17) is 11.6 Å². The molecule has 1 heterocycles. The molecule has 3 aromatic rings. The lowest BCUT2D eigenvalue weighted by molar-refractivity contribution is 0.0697. The highest BCUT2D eigenvalue weighted by atomic mass is 35.5. The fraction of sp³-hybridized carbons (Fsp3) is 0.222. The van der Waals surface area contributed by atoms with Gasteiger partial charge in [0, 0.05) is 17.0 Å². The minimum atomic E-state index is -1.02. The first kappa shape index (κ1) is 17.1. The van der Waals surface area contributed by atoms with Crippen molar-refractivity contribution < 1.29 is 9.90 Å². The van der Waals surface area contributed by atoms with Crippen LogP contribution in [0.1, 0.15) is 35.1 Å². The van der Waals surface area contributed by atoms with Gasteiger partial charge >= 0.3 is 5.97 Å². The molecule has 0 aliphatic heterocycles. The maximum Gasteiger partial charge on any atom is 0.335 e. The number of halogens is 1. The van der Waals surface area contributed by atoms with Gasteiger partial charge in [-0.05, 0) is 59.2 Å². The Balaban J connectivity index is 2.18. The number of hydrogen-bond donors (Lipinski definition) is 1. The summed E-state index contributed by atoms with van der Waals surface area (Å²) in [6, 6.07) is 10.7. The summed E-state index contributed by atoms with van der Waals surface area (Å²) in [7, 11) is 0. The number of rotatable bonds is 5. The number of carbonyl (C=O) groups is 1. The maximum atomic E-state index is 11.6. The van der Waals surface area contributed by atoms with Crippen LogP contribution >= 0.6 is 11.6 Å². The largest absolute Gasteiger partial charge is 0.478 e. The molecule has 7 heteroatoms. The van der Waals surface area contributed by atoms with Gasteiger partial charge in [-0.3, -0.25) is 0 Å². The number of nitrogens with zero attached hydrogens (tertiary/aromatic N) is 4. The second-order valence-electron chi connectivity index (χ2n) is 5.81. The zero-order valence-corrected chi connectivity index (χ0v) is 14.7. The second-order valence-corrected chi connectivity index (χ2v) is 6.22. The van der Waals surface area contributed by atoms with Gasteiger partial charge in [0.1, 0.15) is 0 Å². The van der Waals surface area contributed by atoms with Gasteiger partial charge in [-0.15, -0.1) is 5.10 Å². The first-order valence-electron chi connectivity index (χ1n) is 7.92. The van der Waals surface area contributed by atoms with Gasteiger partial charge in [-0.25, -0.2) is 4.79 Å². The molecule has 6 nitrogen and oxygen atoms in total. The Morgan fingerprint density at radius 2 is 2.04 bits per heavy atom. The zero-order chi connectivity index (χ0) is 18.0. The summed E-state index contributed by atoms with van der Waals surface area (Å²) in [6.45, 7) is 3.98. The molecule has 0 atom stereocenters. The Hall–Kier alpha value is -2.73. The SMILES string of the molecule is CCCc1nnnn1-c1cc(C(=O)O)cc(-c2ccc(C)cc2Cl)c1. The highest BCUT2D eigenvalue weighted by Gasteiger charge is 2.14. The number of aromatic nitrogens is 4. The van der Waals surface area contributed by atoms with Crippen molar-refractivity contribution in [1.82, 2.24) is 20.2 Å². The molecule has 0 radical (unpaired) electrons. The maximum absolute atomic E-state index is 11.6. The average Bonchev–Trinajstić information content (AvgIpc) is 3.03. The minimum Gasteiger partial charge on any atom is -0.478 e. The average molecular weight is 357 g/mol. The Bertz CT molecular complexity index is 937. The zero-order valence-electron chi connectivity index (χ0n) is 13.9. The molecule has 0 spiro atoms. The van der Waals surface area contributed by atoms with E-state index in [0.29, 0.717) is 28.5 Å². The monoisotopic (exact) mass is 356 g/mol. The van der Waals surface area contributed by atoms with Gasteiger partial charge < -0.3 is 5.11 Å². The van der Waals surface area contributed by atoms with Crippen LogP contribution in [0.2, 0.25) is 5.02 Å². The summed E-state index contributed by atoms with van der Waals surface area (Å²) in [5.41, 5.74) is 3.26. The fourth-order valence-electron chi connectivity index (χ4n) is 2.65. The molecular weight excluding hydrogens is 340 g/mol. The van der Waals surface area contributed by atoms with Crippen molar-refractivity contribution in [2.45, 2.75) is 26.7 Å². The quantitative estimate of drug-likeness (QED) is 0.748. The van der Waals surface area contributed by atoms with Crippen molar-refractivity contribution >= 4 is 17.6 Å². The number of aromatic carboxylic acids is 1. The highest BCUT2D eigenvalue weighted by molar-refractivity contribution is 6.33. The van der Waals surface area contributed by atoms with E-state index < -0.39 is 5.97 Å². The predicted molar refractivity (Wildman–Crippen MR) is 95.3 cm³/mol. The number of benzene rings is 2. The summed E-state index contributed by atoms with van der Waals surface area (Å²) in [6.07, 6.45) is 1.58. The third-order valence-corrected chi connectivity index (χ3v) is 4.17. The minimum absolute atomic E-state index is 0.155. The van der Waals surface area contributed by atoms with Gasteiger partial charge in [0.25, 0.3) is 0 Å². The smallest absolute Gasteiger partial charge is 0.335 e. The van der Waals surface area contributed by atoms with Gasteiger partial charge in [-0.1, -0.05) is 30.7 Å². The molecule has 25 heavy (non-hydrogen) atoms. The number of carboxylic acid groups (broad SMARTS) is 1. The van der Waals surface area contributed by atoms with Gasteiger partial charge in [0.2, 0.25) is 0 Å². The lowest BCUT2D eigenvalue weighted by atomic mass is 10.0. The van der Waals surface area contributed by atoms with Crippen LogP contribution in [0.5, 0.6) is 0 Å². The van der Waals surface area contributed by atoms with Crippen molar-refractivity contribution in [3.05, 3.63) is 58.4 Å². The first-order valence-corrected chi connectivity index (χ1v) is 8.30. The highest BCUT2D eigenvalue weighted by Crippen LogP contribution is 2.31. The molecule has 0 bridgehead atoms. The third kappa shape index (κ3) is 3.53. The number of tetrazole rings is 1. The number of aryl methyl sites for hydroxylation is 2. The van der Waals surface area contributed by atoms with Gasteiger partial charge in [-0.2, -0.15) is 4.68 Å². The molecule has 0 unspecified atom stereocenters. The van der Waals surface area contributed by atoms with E-state index in [-0.39, 0.29) is 5.56 Å². The van der Waals surface area contributed by atoms with E-state index in [0.717, 1.165) is 17.5 Å². The van der Waals surface area contributed by atoms with Crippen molar-refractivity contribution in [2.75, 3.05) is 0 Å². The molecule has 0 saturated carbocycles. The summed E-state index contributed by atoms with van der Waals surface area (Å²) in [5, 5.41) is 21.8. The van der Waals surface area contributed by atoms with Crippen LogP contribution in [0, 0.1) is 6.92 Å². The normalized spacial score (nSPS) is 10.8. The Morgan fingerprint density at radius 1 is 1.24 bits per heavy atom. The first-order chi connectivity index (χ1) is 12.0. The summed E-state index contributed by atoms with van der Waals surface area (Å²) < 4.78 is 1.57. The molecule has 0 aliphatic rings. The van der Waals surface area contributed by atoms with E-state index in [1.54, 1.807) is 16.8 Å². The van der Waals surface area contributed by atoms with Crippen molar-refractivity contribution in [2.24, 2.45) is 0 Å². The van der Waals surface area contributed by atoms with Crippen molar-refractivity contribution in [3.63, 3.8) is 0 Å². The lowest BCUT2D eigenvalue weighted by Gasteiger charge is -2.11. The Labute approximate surface area is 150 Å². The van der Waals surface area contributed by atoms with Crippen LogP contribution in [0.25, 0.3) is 16.8 Å². The second kappa shape index (κ2) is 7.03. The standard InChI is InChI=1S/C18H17ClN4O2/c1-3-4-17-20-21-22-23(17)14-9-12(8-13(10-14)18(24)25)15-6-5-11(2)7-16(15)19/h5-10H,3-4H2,1-2H3,(H,24,25). The molecular formula is C18H17ClN4O2. The van der Waals surface area contributed by atoms with Crippen molar-refractivity contribution in [3.8, 4) is 16.8 Å². The third-order valence-electron chi connectivity index (χ3n) is 3.85. The molecule has 3 rings (SSSR count). The number of carboxylic acids is 1. The molecule has 128 valence electrons. The van der Waals surface area contributed by atoms with Crippen LogP contribution in [-0.4, -0.2) is 31.3 Å². The van der Waals surface area contributed by atoms with E-state index in [1.807, 2.05) is 38.1 Å². The lowest BCUT2D eigenvalue weighted by Crippen LogP contribution is -2.06. The van der Waals surface area contributed by atoms with Gasteiger partial charge in [0.05, 0.1) is 11.3 Å². The predicted octanol–water partition coefficient (Wildman–Crippen LogP) is 3.94. The molecule has 0 aliphatic carbocycles. The molecule has 1 N–H and O–H groups in total. The van der Waals surface area contributed by atoms with E-state index in [1.165, 1.54) is 0 Å². The van der Waals surface area contributed by atoms with Crippen LogP contribution in [0.15, 0.2) is 36.4 Å². The van der Waals surface area contributed by atoms with Crippen molar-refractivity contribution in [1.29, 1.82) is 0 Å². The number of hydrogen-bond acceptors (Lipinski definition) is 4. The van der Waals surface area contributed by atoms with Crippen LogP contribution in [0.3, 0.4) is 0 Å².